The Morgan fingerprint density at radius 1 is 1.00 bits per heavy atom. The van der Waals surface area contributed by atoms with Crippen LogP contribution in [-0.4, -0.2) is 77.5 Å². The zero-order valence-corrected chi connectivity index (χ0v) is 25.7. The summed E-state index contributed by atoms with van der Waals surface area (Å²) < 4.78 is 6.56. The number of carbonyl (C=O) groups is 3. The first-order chi connectivity index (χ1) is 20.2. The van der Waals surface area contributed by atoms with E-state index in [-0.39, 0.29) is 23.8 Å². The highest BCUT2D eigenvalue weighted by atomic mass is 16.5. The molecular formula is C34H48N4O4. The molecule has 8 nitrogen and oxygen atoms in total. The highest BCUT2D eigenvalue weighted by Crippen LogP contribution is 2.55. The molecule has 228 valence electrons. The second-order valence-electron chi connectivity index (χ2n) is 13.8. The third kappa shape index (κ3) is 5.19. The average Bonchev–Trinajstić information content (AvgIpc) is 3.62. The first kappa shape index (κ1) is 29.4. The molecule has 3 saturated heterocycles. The van der Waals surface area contributed by atoms with Crippen molar-refractivity contribution in [2.24, 2.45) is 23.7 Å². The Bertz CT molecular complexity index is 1210. The molecule has 1 saturated carbocycles. The van der Waals surface area contributed by atoms with Gasteiger partial charge in [0.1, 0.15) is 11.6 Å². The van der Waals surface area contributed by atoms with E-state index in [9.17, 15) is 14.4 Å². The summed E-state index contributed by atoms with van der Waals surface area (Å²) in [6, 6.07) is 7.17. The van der Waals surface area contributed by atoms with Crippen LogP contribution in [0.25, 0.3) is 0 Å². The lowest BCUT2D eigenvalue weighted by molar-refractivity contribution is -0.142. The van der Waals surface area contributed by atoms with Gasteiger partial charge in [0.05, 0.1) is 17.9 Å². The van der Waals surface area contributed by atoms with Crippen molar-refractivity contribution < 1.29 is 19.1 Å². The molecule has 4 heterocycles. The van der Waals surface area contributed by atoms with Crippen LogP contribution in [0.1, 0.15) is 77.7 Å². The maximum absolute atomic E-state index is 14.3. The standard InChI is InChI=1S/C34H48N4O4/c1-21(2)24-11-13-25(14-12-24)35-31(39)28-27-15-16-34(42-27)29(28)33(41)38(20-19-37-17-6-5-7-18-37)30(34)32(40)36-26-10-8-9-22(3)23(26)4/h11-16,21-23,26-30H,5-10,17-20H2,1-4H3,(H,35,39)(H,36,40)/t22-,23-,26-,27-,28+,29-,30-,34-/m1/s1. The average molecular weight is 577 g/mol. The second-order valence-corrected chi connectivity index (χ2v) is 13.8. The number of hydrogen-bond acceptors (Lipinski definition) is 5. The zero-order valence-electron chi connectivity index (χ0n) is 25.7. The molecule has 1 aromatic carbocycles. The van der Waals surface area contributed by atoms with Gasteiger partial charge in [-0.05, 0) is 67.8 Å². The molecule has 4 fully saturated rings. The summed E-state index contributed by atoms with van der Waals surface area (Å²) in [6.45, 7) is 12.0. The molecule has 0 aromatic heterocycles. The number of amides is 3. The van der Waals surface area contributed by atoms with Gasteiger partial charge in [-0.3, -0.25) is 14.4 Å². The fourth-order valence-corrected chi connectivity index (χ4v) is 8.16. The van der Waals surface area contributed by atoms with Crippen LogP contribution in [0, 0.1) is 23.7 Å². The number of nitrogens with zero attached hydrogens (tertiary/aromatic N) is 2. The largest absolute Gasteiger partial charge is 0.359 e. The third-order valence-corrected chi connectivity index (χ3v) is 10.9. The van der Waals surface area contributed by atoms with E-state index in [2.05, 4.69) is 43.2 Å². The van der Waals surface area contributed by atoms with Crippen molar-refractivity contribution >= 4 is 23.4 Å². The number of fused-ring (bicyclic) bond motifs is 1. The molecule has 1 spiro atoms. The van der Waals surface area contributed by atoms with E-state index in [1.807, 2.05) is 36.4 Å². The van der Waals surface area contributed by atoms with Crippen LogP contribution in [0.15, 0.2) is 36.4 Å². The maximum Gasteiger partial charge on any atom is 0.246 e. The minimum Gasteiger partial charge on any atom is -0.359 e. The lowest BCUT2D eigenvalue weighted by Crippen LogP contribution is -2.58. The van der Waals surface area contributed by atoms with Gasteiger partial charge in [-0.15, -0.1) is 0 Å². The van der Waals surface area contributed by atoms with Crippen molar-refractivity contribution in [2.75, 3.05) is 31.5 Å². The number of hydrogen-bond donors (Lipinski definition) is 2. The Balaban J connectivity index is 1.25. The molecule has 4 aliphatic heterocycles. The second kappa shape index (κ2) is 11.8. The van der Waals surface area contributed by atoms with Crippen LogP contribution in [0.3, 0.4) is 0 Å². The number of piperidine rings is 1. The van der Waals surface area contributed by atoms with Crippen molar-refractivity contribution in [1.29, 1.82) is 0 Å². The number of rotatable bonds is 8. The monoisotopic (exact) mass is 576 g/mol. The number of carbonyl (C=O) groups excluding carboxylic acids is 3. The SMILES string of the molecule is CC(C)c1ccc(NC(=O)[C@H]2[C@H]3C=C[C@@]4(O3)[C@H]2C(=O)N(CCN2CCCCC2)[C@@H]4C(=O)N[C@@H]2CCC[C@@H](C)[C@H]2C)cc1. The summed E-state index contributed by atoms with van der Waals surface area (Å²) in [4.78, 5) is 46.4. The Labute approximate surface area is 250 Å². The first-order valence-corrected chi connectivity index (χ1v) is 16.3. The van der Waals surface area contributed by atoms with Crippen LogP contribution < -0.4 is 10.6 Å². The topological polar surface area (TPSA) is 91.0 Å². The lowest BCUT2D eigenvalue weighted by Gasteiger charge is -2.38. The van der Waals surface area contributed by atoms with Crippen LogP contribution in [0.4, 0.5) is 5.69 Å². The van der Waals surface area contributed by atoms with Gasteiger partial charge in [0.15, 0.2) is 0 Å². The van der Waals surface area contributed by atoms with Crippen molar-refractivity contribution in [3.05, 3.63) is 42.0 Å². The third-order valence-electron chi connectivity index (χ3n) is 10.9. The molecule has 8 heteroatoms. The molecule has 6 rings (SSSR count). The van der Waals surface area contributed by atoms with Gasteiger partial charge < -0.3 is 25.2 Å². The summed E-state index contributed by atoms with van der Waals surface area (Å²) in [5, 5.41) is 6.41. The van der Waals surface area contributed by atoms with Gasteiger partial charge in [-0.25, -0.2) is 0 Å². The quantitative estimate of drug-likeness (QED) is 0.450. The smallest absolute Gasteiger partial charge is 0.246 e. The lowest BCUT2D eigenvalue weighted by atomic mass is 9.73. The van der Waals surface area contributed by atoms with Crippen molar-refractivity contribution in [2.45, 2.75) is 95.9 Å². The van der Waals surface area contributed by atoms with Gasteiger partial charge in [0.25, 0.3) is 0 Å². The van der Waals surface area contributed by atoms with Gasteiger partial charge in [0, 0.05) is 24.8 Å². The minimum absolute atomic E-state index is 0.0752. The normalized spacial score (nSPS) is 36.0. The van der Waals surface area contributed by atoms with Gasteiger partial charge in [-0.2, -0.15) is 0 Å². The van der Waals surface area contributed by atoms with E-state index < -0.39 is 29.6 Å². The molecule has 1 aliphatic carbocycles. The van der Waals surface area contributed by atoms with Gasteiger partial charge in [-0.1, -0.05) is 71.2 Å². The van der Waals surface area contributed by atoms with Crippen LogP contribution in [-0.2, 0) is 19.1 Å². The number of anilines is 1. The Hall–Kier alpha value is -2.71. The Morgan fingerprint density at radius 2 is 1.74 bits per heavy atom. The number of ether oxygens (including phenoxy) is 1. The predicted molar refractivity (Wildman–Crippen MR) is 163 cm³/mol. The summed E-state index contributed by atoms with van der Waals surface area (Å²) in [5.74, 6) is -0.616. The summed E-state index contributed by atoms with van der Waals surface area (Å²) >= 11 is 0. The molecule has 2 N–H and O–H groups in total. The van der Waals surface area contributed by atoms with E-state index in [1.165, 1.54) is 18.4 Å². The van der Waals surface area contributed by atoms with E-state index in [1.54, 1.807) is 4.90 Å². The molecule has 5 aliphatic rings. The van der Waals surface area contributed by atoms with Gasteiger partial charge >= 0.3 is 0 Å². The highest BCUT2D eigenvalue weighted by Gasteiger charge is 2.72. The predicted octanol–water partition coefficient (Wildman–Crippen LogP) is 4.33. The van der Waals surface area contributed by atoms with Crippen LogP contribution in [0.2, 0.25) is 0 Å². The summed E-state index contributed by atoms with van der Waals surface area (Å²) in [5.41, 5.74) is 0.775. The van der Waals surface area contributed by atoms with Crippen molar-refractivity contribution in [1.82, 2.24) is 15.1 Å². The molecule has 8 atom stereocenters. The maximum atomic E-state index is 14.3. The first-order valence-electron chi connectivity index (χ1n) is 16.3. The number of likely N-dealkylation sites (tertiary alicyclic amines) is 2. The summed E-state index contributed by atoms with van der Waals surface area (Å²) in [7, 11) is 0. The number of benzene rings is 1. The highest BCUT2D eigenvalue weighted by molar-refractivity contribution is 6.02. The molecule has 3 amide bonds. The molecule has 0 radical (unpaired) electrons. The van der Waals surface area contributed by atoms with Crippen LogP contribution in [0.5, 0.6) is 0 Å². The molecule has 42 heavy (non-hydrogen) atoms. The fraction of sp³-hybridized carbons (Fsp3) is 0.676. The molecular weight excluding hydrogens is 528 g/mol. The Morgan fingerprint density at radius 3 is 2.45 bits per heavy atom. The van der Waals surface area contributed by atoms with E-state index in [4.69, 9.17) is 4.74 Å². The van der Waals surface area contributed by atoms with Crippen molar-refractivity contribution in [3.63, 3.8) is 0 Å². The molecule has 1 aromatic rings. The molecule has 0 unspecified atom stereocenters. The molecule has 2 bridgehead atoms. The van der Waals surface area contributed by atoms with E-state index >= 15 is 0 Å². The van der Waals surface area contributed by atoms with E-state index in [0.29, 0.717) is 30.0 Å². The zero-order chi connectivity index (χ0) is 29.6. The Kier molecular flexibility index (Phi) is 8.22. The fourth-order valence-electron chi connectivity index (χ4n) is 8.16. The van der Waals surface area contributed by atoms with Crippen molar-refractivity contribution in [3.8, 4) is 0 Å². The van der Waals surface area contributed by atoms with Crippen LogP contribution >= 0.6 is 0 Å². The number of nitrogens with one attached hydrogen (secondary N) is 2. The minimum atomic E-state index is -1.12. The van der Waals surface area contributed by atoms with Gasteiger partial charge in [0.2, 0.25) is 17.7 Å². The summed E-state index contributed by atoms with van der Waals surface area (Å²) in [6.07, 6.45) is 10.1. The van der Waals surface area contributed by atoms with E-state index in [0.717, 1.165) is 45.3 Å².